The number of rotatable bonds is 13. The normalized spacial score (nSPS) is 34.1. The van der Waals surface area contributed by atoms with E-state index in [0.29, 0.717) is 115 Å². The number of nitrogens with zero attached hydrogens (tertiary/aromatic N) is 5. The van der Waals surface area contributed by atoms with Gasteiger partial charge < -0.3 is 63.8 Å². The molecule has 484 valence electrons. The van der Waals surface area contributed by atoms with Crippen LogP contribution in [-0.2, 0) is 63.7 Å². The van der Waals surface area contributed by atoms with Gasteiger partial charge in [0.15, 0.2) is 5.78 Å². The van der Waals surface area contributed by atoms with E-state index < -0.39 is 108 Å². The molecule has 15 atom stereocenters. The Bertz CT molecular complexity index is 2600. The van der Waals surface area contributed by atoms with Crippen molar-refractivity contribution in [2.24, 2.45) is 35.5 Å². The third kappa shape index (κ3) is 19.6. The van der Waals surface area contributed by atoms with Crippen LogP contribution in [0.15, 0.2) is 60.0 Å². The molecule has 22 heteroatoms. The van der Waals surface area contributed by atoms with Crippen molar-refractivity contribution < 1.29 is 77.3 Å². The van der Waals surface area contributed by atoms with Gasteiger partial charge in [0.1, 0.15) is 36.2 Å². The van der Waals surface area contributed by atoms with Gasteiger partial charge in [-0.15, -0.1) is 0 Å². The van der Waals surface area contributed by atoms with Crippen molar-refractivity contribution in [2.75, 3.05) is 65.1 Å². The predicted molar refractivity (Wildman–Crippen MR) is 323 cm³/mol. The average Bonchev–Trinajstić information content (AvgIpc) is 1.65. The monoisotopic (exact) mass is 1220 g/mol. The zero-order valence-corrected chi connectivity index (χ0v) is 52.9. The van der Waals surface area contributed by atoms with Crippen molar-refractivity contribution in [1.82, 2.24) is 25.1 Å². The molecule has 4 fully saturated rings. The molecule has 1 aromatic rings. The van der Waals surface area contributed by atoms with E-state index in [4.69, 9.17) is 28.4 Å². The Morgan fingerprint density at radius 3 is 2.25 bits per heavy atom. The van der Waals surface area contributed by atoms with Crippen LogP contribution in [-0.4, -0.2) is 191 Å². The first kappa shape index (κ1) is 70.3. The van der Waals surface area contributed by atoms with Gasteiger partial charge in [-0.2, -0.15) is 0 Å². The van der Waals surface area contributed by atoms with Gasteiger partial charge in [0, 0.05) is 109 Å². The highest BCUT2D eigenvalue weighted by molar-refractivity contribution is 6.39. The van der Waals surface area contributed by atoms with Crippen LogP contribution in [0, 0.1) is 35.5 Å². The molecule has 1 aromatic heterocycles. The summed E-state index contributed by atoms with van der Waals surface area (Å²) in [6, 6.07) is -1.22. The first-order valence-electron chi connectivity index (χ1n) is 31.5. The number of nitrogens with one attached hydrogen (secondary N) is 1. The summed E-state index contributed by atoms with van der Waals surface area (Å²) in [5.74, 6) is -8.62. The van der Waals surface area contributed by atoms with Crippen molar-refractivity contribution in [1.29, 1.82) is 0 Å². The zero-order valence-electron chi connectivity index (χ0n) is 52.9. The summed E-state index contributed by atoms with van der Waals surface area (Å²) in [7, 11) is 3.10. The topological polar surface area (TPSA) is 283 Å². The number of carbonyl (C=O) groups excluding carboxylic acids is 7. The molecule has 1 aliphatic carbocycles. The van der Waals surface area contributed by atoms with Crippen molar-refractivity contribution in [3.63, 3.8) is 0 Å². The largest absolute Gasteiger partial charge is 0.460 e. The number of piperidine rings is 1. The number of ketones is 3. The number of allylic oxidation sites excluding steroid dienone is 6. The Hall–Kier alpha value is -5.75. The minimum Gasteiger partial charge on any atom is -0.460 e. The Morgan fingerprint density at radius 2 is 1.56 bits per heavy atom. The van der Waals surface area contributed by atoms with Gasteiger partial charge in [-0.05, 0) is 114 Å². The van der Waals surface area contributed by atoms with E-state index >= 15 is 0 Å². The molecule has 0 spiro atoms. The number of methoxy groups -OCH3 is 2. The number of amides is 3. The van der Waals surface area contributed by atoms with Crippen LogP contribution in [0.2, 0.25) is 0 Å². The summed E-state index contributed by atoms with van der Waals surface area (Å²) < 4.78 is 35.5. The highest BCUT2D eigenvalue weighted by atomic mass is 16.6. The highest BCUT2D eigenvalue weighted by Gasteiger charge is 2.53. The number of aliphatic hydroxyl groups excluding tert-OH is 2. The maximum absolute atomic E-state index is 14.7. The zero-order chi connectivity index (χ0) is 63.5. The standard InChI is InChI=1S/C65H98N6O16/c1-11-84-30-24-56(73)69-26-28-70(29-27-69)63-66-37-48(38-67-63)39-68-64(80)86-52-23-21-47(34-55(52)83-10)33-43(5)54-36-51(72)42(4)32-45(7)58(75)59(76)57(74)44(6)31-40(2)17-13-12-14-18-41(3)53(82-9)35-49-22-20-46(8)65(81,87-49)60(77)61(78)71-25-16-15-19-50(71)62(79)85-54/h12-14,17-18,32,37-38,40,42-44,46-47,49-50,52-55,58-59,75-76,81H,11,15-16,19-31,33-36,39H2,1-10H3,(H,68,80)/b14-12+,17-13+,41-18+,45-32+/t40-,42-,43-,44-,46-,47+,49+,50+,52-,53+,54+,55-,58-,59+,65-/m1/s1. The molecule has 3 amide bonds. The lowest BCUT2D eigenvalue weighted by atomic mass is 9.78. The lowest BCUT2D eigenvalue weighted by Crippen LogP contribution is -2.61. The second kappa shape index (κ2) is 33.7. The summed E-state index contributed by atoms with van der Waals surface area (Å²) >= 11 is 0. The number of carbonyl (C=O) groups is 7. The number of Topliss-reactive ketones (excluding diaryl/α,β-unsaturated/α-hetero) is 3. The van der Waals surface area contributed by atoms with E-state index in [2.05, 4.69) is 15.3 Å². The molecular weight excluding hydrogens is 1120 g/mol. The fourth-order valence-corrected chi connectivity index (χ4v) is 12.6. The van der Waals surface area contributed by atoms with Crippen LogP contribution in [0.1, 0.15) is 144 Å². The summed E-state index contributed by atoms with van der Waals surface area (Å²) in [6.07, 6.45) is 11.7. The summed E-state index contributed by atoms with van der Waals surface area (Å²) in [6.45, 7) is 17.5. The van der Waals surface area contributed by atoms with Gasteiger partial charge in [-0.1, -0.05) is 71.1 Å². The predicted octanol–water partition coefficient (Wildman–Crippen LogP) is 6.33. The summed E-state index contributed by atoms with van der Waals surface area (Å²) in [5.41, 5.74) is 1.72. The van der Waals surface area contributed by atoms with Gasteiger partial charge in [0.25, 0.3) is 11.7 Å². The number of hydrogen-bond acceptors (Lipinski definition) is 19. The number of aromatic nitrogens is 2. The van der Waals surface area contributed by atoms with E-state index in [1.165, 1.54) is 13.0 Å². The van der Waals surface area contributed by atoms with Crippen LogP contribution < -0.4 is 10.2 Å². The van der Waals surface area contributed by atoms with E-state index in [9.17, 15) is 48.9 Å². The minimum absolute atomic E-state index is 0.0330. The Labute approximate surface area is 513 Å². The first-order valence-corrected chi connectivity index (χ1v) is 31.5. The van der Waals surface area contributed by atoms with E-state index in [1.54, 1.807) is 47.4 Å². The van der Waals surface area contributed by atoms with Crippen molar-refractivity contribution in [3.8, 4) is 0 Å². The summed E-state index contributed by atoms with van der Waals surface area (Å²) in [5, 5.41) is 37.3. The van der Waals surface area contributed by atoms with Crippen LogP contribution in [0.4, 0.5) is 10.7 Å². The molecule has 0 unspecified atom stereocenters. The lowest BCUT2D eigenvalue weighted by Gasteiger charge is -2.42. The molecule has 0 radical (unpaired) electrons. The van der Waals surface area contributed by atoms with Crippen LogP contribution in [0.25, 0.3) is 0 Å². The van der Waals surface area contributed by atoms with Crippen LogP contribution in [0.3, 0.4) is 0 Å². The quantitative estimate of drug-likeness (QED) is 0.0727. The number of aliphatic hydroxyl groups is 3. The molecule has 2 bridgehead atoms. The number of alkyl carbamates (subject to hydrolysis) is 1. The van der Waals surface area contributed by atoms with Gasteiger partial charge in [0.2, 0.25) is 17.6 Å². The van der Waals surface area contributed by atoms with Gasteiger partial charge in [-0.25, -0.2) is 19.6 Å². The third-order valence-corrected chi connectivity index (χ3v) is 18.2. The minimum atomic E-state index is -2.48. The SMILES string of the molecule is CCOCCC(=O)N1CCN(c2ncc(CNC(=O)O[C@@H]3CC[C@@H](C[C@@H](C)[C@@H]4CC(=O)[C@H](C)/C=C(\C)[C@@H](O)[C@@H](O)C(=O)[C@H](C)C[C@H](C)/C=C/C=C/C=C(\C)[C@@H](OC)C[C@@H]5CC[C@@H](C)[C@@](O)(O5)C(=O)C(=O)N5CCCC[C@H]5C(=O)O4)C[C@H]3OC)cn2)CC1. The highest BCUT2D eigenvalue weighted by Crippen LogP contribution is 2.38. The molecule has 0 aromatic carbocycles. The van der Waals surface area contributed by atoms with E-state index in [-0.39, 0.29) is 61.5 Å². The van der Waals surface area contributed by atoms with Crippen molar-refractivity contribution in [2.45, 2.75) is 200 Å². The molecule has 22 nitrogen and oxygen atoms in total. The molecule has 6 rings (SSSR count). The summed E-state index contributed by atoms with van der Waals surface area (Å²) in [4.78, 5) is 111. The van der Waals surface area contributed by atoms with E-state index in [0.717, 1.165) is 10.5 Å². The van der Waals surface area contributed by atoms with Crippen molar-refractivity contribution in [3.05, 3.63) is 65.6 Å². The van der Waals surface area contributed by atoms with Crippen LogP contribution >= 0.6 is 0 Å². The second-order valence-corrected chi connectivity index (χ2v) is 24.8. The number of esters is 1. The maximum Gasteiger partial charge on any atom is 0.407 e. The number of hydrogen-bond donors (Lipinski definition) is 4. The molecule has 4 N–H and O–H groups in total. The van der Waals surface area contributed by atoms with Gasteiger partial charge in [-0.3, -0.25) is 24.0 Å². The lowest BCUT2D eigenvalue weighted by molar-refractivity contribution is -0.265. The first-order chi connectivity index (χ1) is 41.5. The Balaban J connectivity index is 1.15. The molecule has 3 saturated heterocycles. The fraction of sp³-hybridized carbons (Fsp3) is 0.708. The number of cyclic esters (lactones) is 1. The van der Waals surface area contributed by atoms with Gasteiger partial charge >= 0.3 is 12.1 Å². The molecule has 5 aliphatic rings. The number of ether oxygens (including phenoxy) is 6. The smallest absolute Gasteiger partial charge is 0.407 e. The number of anilines is 1. The Morgan fingerprint density at radius 1 is 0.839 bits per heavy atom. The molecule has 1 saturated carbocycles. The second-order valence-electron chi connectivity index (χ2n) is 24.8. The molecule has 87 heavy (non-hydrogen) atoms. The number of fused-ring (bicyclic) bond motifs is 3. The van der Waals surface area contributed by atoms with Gasteiger partial charge in [0.05, 0.1) is 31.3 Å². The molecule has 4 aliphatic heterocycles. The van der Waals surface area contributed by atoms with E-state index in [1.807, 2.05) is 67.9 Å². The van der Waals surface area contributed by atoms with Crippen molar-refractivity contribution >= 4 is 47.2 Å². The Kier molecular flexibility index (Phi) is 27.3. The number of piperazine rings is 1. The van der Waals surface area contributed by atoms with Crippen LogP contribution in [0.5, 0.6) is 0 Å². The third-order valence-electron chi connectivity index (χ3n) is 18.2. The fourth-order valence-electron chi connectivity index (χ4n) is 12.6. The molecule has 5 heterocycles. The maximum atomic E-state index is 14.7. The molecular formula is C65H98N6O16. The average molecular weight is 1220 g/mol.